The van der Waals surface area contributed by atoms with Gasteiger partial charge in [0.1, 0.15) is 11.6 Å². The van der Waals surface area contributed by atoms with Crippen molar-refractivity contribution >= 4 is 5.82 Å². The molecule has 0 unspecified atom stereocenters. The van der Waals surface area contributed by atoms with Gasteiger partial charge < -0.3 is 10.1 Å². The summed E-state index contributed by atoms with van der Waals surface area (Å²) in [5.74, 6) is 2.54. The summed E-state index contributed by atoms with van der Waals surface area (Å²) in [6, 6.07) is 1.83. The van der Waals surface area contributed by atoms with Crippen LogP contribution < -0.4 is 10.1 Å². The number of aromatic amines is 1. The Morgan fingerprint density at radius 2 is 1.90 bits per heavy atom. The maximum absolute atomic E-state index is 5.77. The first kappa shape index (κ1) is 14.3. The Bertz CT molecular complexity index is 613. The second-order valence-electron chi connectivity index (χ2n) is 5.82. The van der Waals surface area contributed by atoms with E-state index in [1.165, 1.54) is 0 Å². The highest BCUT2D eigenvalue weighted by molar-refractivity contribution is 5.49. The molecule has 0 saturated heterocycles. The maximum Gasteiger partial charge on any atom is 0.240 e. The Morgan fingerprint density at radius 1 is 1.20 bits per heavy atom. The van der Waals surface area contributed by atoms with Crippen molar-refractivity contribution in [3.8, 4) is 11.8 Å². The number of hydrogen-bond donors (Lipinski definition) is 2. The predicted octanol–water partition coefficient (Wildman–Crippen LogP) is 2.95. The van der Waals surface area contributed by atoms with Gasteiger partial charge in [0.05, 0.1) is 5.56 Å². The van der Waals surface area contributed by atoms with Crippen molar-refractivity contribution < 1.29 is 4.74 Å². The molecular formula is C14H21N5O. The molecule has 2 heterocycles. The Labute approximate surface area is 119 Å². The molecule has 0 aliphatic rings. The molecule has 0 spiro atoms. The van der Waals surface area contributed by atoms with Crippen LogP contribution in [0.25, 0.3) is 0 Å². The Morgan fingerprint density at radius 3 is 2.40 bits per heavy atom. The molecule has 2 aromatic rings. The molecule has 2 N–H and O–H groups in total. The van der Waals surface area contributed by atoms with Crippen LogP contribution in [0.2, 0.25) is 0 Å². The molecule has 2 rings (SSSR count). The fraction of sp³-hybridized carbons (Fsp3) is 0.500. The summed E-state index contributed by atoms with van der Waals surface area (Å²) in [5.41, 5.74) is 1.65. The number of nitrogens with one attached hydrogen (secondary N) is 2. The third-order valence-electron chi connectivity index (χ3n) is 2.89. The molecule has 6 heteroatoms. The van der Waals surface area contributed by atoms with Crippen LogP contribution in [-0.2, 0) is 5.41 Å². The third-order valence-corrected chi connectivity index (χ3v) is 2.89. The summed E-state index contributed by atoms with van der Waals surface area (Å²) in [6.07, 6.45) is 0. The standard InChI is InChI=1S/C14H21N5O/c1-8-7-10(19-18-8)20-12-9(2)11(15-6)16-13(17-12)14(3,4)5/h7H,1-6H3,(H,18,19)(H,15,16,17). The van der Waals surface area contributed by atoms with E-state index in [9.17, 15) is 0 Å². The van der Waals surface area contributed by atoms with Crippen LogP contribution in [0.15, 0.2) is 6.07 Å². The second kappa shape index (κ2) is 5.11. The van der Waals surface area contributed by atoms with E-state index >= 15 is 0 Å². The molecule has 20 heavy (non-hydrogen) atoms. The van der Waals surface area contributed by atoms with Crippen LogP contribution in [0.5, 0.6) is 11.8 Å². The molecule has 0 saturated carbocycles. The zero-order valence-corrected chi connectivity index (χ0v) is 12.8. The number of ether oxygens (including phenoxy) is 1. The van der Waals surface area contributed by atoms with Gasteiger partial charge in [-0.05, 0) is 13.8 Å². The molecule has 0 aliphatic heterocycles. The molecule has 0 radical (unpaired) electrons. The minimum Gasteiger partial charge on any atom is -0.419 e. The molecule has 0 amide bonds. The average Bonchev–Trinajstić information content (AvgIpc) is 2.76. The summed E-state index contributed by atoms with van der Waals surface area (Å²) in [6.45, 7) is 10.1. The minimum atomic E-state index is -0.154. The lowest BCUT2D eigenvalue weighted by atomic mass is 9.95. The van der Waals surface area contributed by atoms with Crippen LogP contribution in [0.3, 0.4) is 0 Å². The fourth-order valence-electron chi connectivity index (χ4n) is 1.72. The number of anilines is 1. The number of hydrogen-bond acceptors (Lipinski definition) is 5. The Kier molecular flexibility index (Phi) is 3.65. The average molecular weight is 275 g/mol. The lowest BCUT2D eigenvalue weighted by molar-refractivity contribution is 0.427. The van der Waals surface area contributed by atoms with Gasteiger partial charge in [-0.2, -0.15) is 4.98 Å². The highest BCUT2D eigenvalue weighted by Crippen LogP contribution is 2.29. The van der Waals surface area contributed by atoms with E-state index in [1.807, 2.05) is 27.0 Å². The molecule has 0 fully saturated rings. The van der Waals surface area contributed by atoms with Gasteiger partial charge in [0.15, 0.2) is 0 Å². The number of aryl methyl sites for hydroxylation is 1. The smallest absolute Gasteiger partial charge is 0.240 e. The third kappa shape index (κ3) is 2.89. The number of nitrogens with zero attached hydrogens (tertiary/aromatic N) is 3. The predicted molar refractivity (Wildman–Crippen MR) is 78.4 cm³/mol. The molecule has 6 nitrogen and oxygen atoms in total. The highest BCUT2D eigenvalue weighted by atomic mass is 16.5. The van der Waals surface area contributed by atoms with Crippen LogP contribution in [0, 0.1) is 13.8 Å². The lowest BCUT2D eigenvalue weighted by Gasteiger charge is -2.19. The van der Waals surface area contributed by atoms with Crippen molar-refractivity contribution in [2.45, 2.75) is 40.0 Å². The van der Waals surface area contributed by atoms with Gasteiger partial charge in [0.25, 0.3) is 0 Å². The van der Waals surface area contributed by atoms with Crippen molar-refractivity contribution in [3.05, 3.63) is 23.1 Å². The van der Waals surface area contributed by atoms with E-state index in [2.05, 4.69) is 46.3 Å². The van der Waals surface area contributed by atoms with Crippen LogP contribution >= 0.6 is 0 Å². The Balaban J connectivity index is 2.45. The van der Waals surface area contributed by atoms with E-state index in [4.69, 9.17) is 4.74 Å². The fourth-order valence-corrected chi connectivity index (χ4v) is 1.72. The lowest BCUT2D eigenvalue weighted by Crippen LogP contribution is -2.18. The van der Waals surface area contributed by atoms with E-state index in [-0.39, 0.29) is 5.41 Å². The van der Waals surface area contributed by atoms with Crippen molar-refractivity contribution in [1.29, 1.82) is 0 Å². The quantitative estimate of drug-likeness (QED) is 0.900. The van der Waals surface area contributed by atoms with Gasteiger partial charge in [-0.3, -0.25) is 5.10 Å². The zero-order valence-electron chi connectivity index (χ0n) is 12.8. The first-order valence-electron chi connectivity index (χ1n) is 6.58. The number of H-pyrrole nitrogens is 1. The molecule has 0 aromatic carbocycles. The maximum atomic E-state index is 5.77. The zero-order chi connectivity index (χ0) is 14.9. The van der Waals surface area contributed by atoms with E-state index < -0.39 is 0 Å². The van der Waals surface area contributed by atoms with Crippen LogP contribution in [0.4, 0.5) is 5.82 Å². The number of rotatable bonds is 3. The van der Waals surface area contributed by atoms with Gasteiger partial charge in [-0.25, -0.2) is 4.98 Å². The SMILES string of the molecule is CNc1nc(C(C)(C)C)nc(Oc2cc(C)[nH]n2)c1C. The van der Waals surface area contributed by atoms with Gasteiger partial charge >= 0.3 is 0 Å². The largest absolute Gasteiger partial charge is 0.419 e. The minimum absolute atomic E-state index is 0.154. The van der Waals surface area contributed by atoms with Gasteiger partial charge in [0.2, 0.25) is 11.8 Å². The normalized spacial score (nSPS) is 11.5. The molecule has 2 aromatic heterocycles. The monoisotopic (exact) mass is 275 g/mol. The number of aromatic nitrogens is 4. The van der Waals surface area contributed by atoms with E-state index in [1.54, 1.807) is 0 Å². The molecule has 0 atom stereocenters. The summed E-state index contributed by atoms with van der Waals surface area (Å²) < 4.78 is 5.77. The summed E-state index contributed by atoms with van der Waals surface area (Å²) in [7, 11) is 1.84. The van der Waals surface area contributed by atoms with Crippen LogP contribution in [0.1, 0.15) is 37.9 Å². The molecule has 0 aliphatic carbocycles. The Hall–Kier alpha value is -2.11. The van der Waals surface area contributed by atoms with Crippen molar-refractivity contribution in [2.75, 3.05) is 12.4 Å². The van der Waals surface area contributed by atoms with Gasteiger partial charge in [0, 0.05) is 24.2 Å². The second-order valence-corrected chi connectivity index (χ2v) is 5.82. The summed E-state index contributed by atoms with van der Waals surface area (Å²) in [4.78, 5) is 9.07. The highest BCUT2D eigenvalue weighted by Gasteiger charge is 2.22. The molecule has 108 valence electrons. The van der Waals surface area contributed by atoms with E-state index in [0.29, 0.717) is 11.8 Å². The first-order chi connectivity index (χ1) is 9.31. The van der Waals surface area contributed by atoms with E-state index in [0.717, 1.165) is 22.9 Å². The van der Waals surface area contributed by atoms with Crippen molar-refractivity contribution in [3.63, 3.8) is 0 Å². The topological polar surface area (TPSA) is 75.7 Å². The van der Waals surface area contributed by atoms with Gasteiger partial charge in [-0.1, -0.05) is 20.8 Å². The van der Waals surface area contributed by atoms with Crippen molar-refractivity contribution in [1.82, 2.24) is 20.2 Å². The first-order valence-corrected chi connectivity index (χ1v) is 6.58. The molecular weight excluding hydrogens is 254 g/mol. The summed E-state index contributed by atoms with van der Waals surface area (Å²) in [5, 5.41) is 10.00. The van der Waals surface area contributed by atoms with Crippen LogP contribution in [-0.4, -0.2) is 27.2 Å². The van der Waals surface area contributed by atoms with Gasteiger partial charge in [-0.15, -0.1) is 5.10 Å². The summed E-state index contributed by atoms with van der Waals surface area (Å²) >= 11 is 0. The van der Waals surface area contributed by atoms with Crippen molar-refractivity contribution in [2.24, 2.45) is 0 Å². The molecule has 0 bridgehead atoms.